The van der Waals surface area contributed by atoms with Crippen LogP contribution in [0.4, 0.5) is 10.5 Å². The van der Waals surface area contributed by atoms with E-state index in [0.717, 1.165) is 5.56 Å². The van der Waals surface area contributed by atoms with Gasteiger partial charge in [-0.1, -0.05) is 111 Å². The molecule has 5 rings (SSSR count). The normalized spacial score (nSPS) is 17.1. The number of benzene rings is 2. The first kappa shape index (κ1) is 80.3. The number of carbonyl (C=O) groups excluding carboxylic acids is 9. The summed E-state index contributed by atoms with van der Waals surface area (Å²) >= 11 is 0. The second kappa shape index (κ2) is 38.1. The fourth-order valence-corrected chi connectivity index (χ4v) is 14.6. The number of urea groups is 1. The lowest BCUT2D eigenvalue weighted by Crippen LogP contribution is -2.54. The number of methoxy groups -OCH3 is 2. The smallest absolute Gasteiger partial charge is 0.312 e. The zero-order valence-corrected chi connectivity index (χ0v) is 60.9. The molecule has 1 saturated heterocycles. The predicted molar refractivity (Wildman–Crippen MR) is 379 cm³/mol. The Morgan fingerprint density at radius 3 is 2.02 bits per heavy atom. The molecule has 0 spiro atoms. The molecule has 24 heteroatoms. The van der Waals surface area contributed by atoms with Gasteiger partial charge in [0.05, 0.1) is 48.2 Å². The number of aromatic nitrogens is 3. The van der Waals surface area contributed by atoms with Gasteiger partial charge in [-0.2, -0.15) is 0 Å². The van der Waals surface area contributed by atoms with E-state index in [1.54, 1.807) is 67.4 Å². The van der Waals surface area contributed by atoms with E-state index in [0.29, 0.717) is 72.5 Å². The molecule has 4 aromatic rings. The molecule has 1 fully saturated rings. The van der Waals surface area contributed by atoms with Crippen LogP contribution < -0.4 is 27.0 Å². The summed E-state index contributed by atoms with van der Waals surface area (Å²) in [5, 5.41) is 12.4. The molecule has 3 heterocycles. The van der Waals surface area contributed by atoms with Crippen molar-refractivity contribution in [3.05, 3.63) is 84.3 Å². The van der Waals surface area contributed by atoms with Crippen LogP contribution in [0.15, 0.2) is 78.2 Å². The Hall–Kier alpha value is -7.41. The average Bonchev–Trinajstić information content (AvgIpc) is 1.76. The zero-order valence-electron chi connectivity index (χ0n) is 60.1. The first-order valence-corrected chi connectivity index (χ1v) is 36.5. The monoisotopic (exact) mass is 1370 g/mol. The molecule has 6 N–H and O–H groups in total. The summed E-state index contributed by atoms with van der Waals surface area (Å²) in [5.41, 5.74) is 7.89. The van der Waals surface area contributed by atoms with E-state index in [1.807, 2.05) is 109 Å². The number of likely N-dealkylation sites (tertiary alicyclic amines) is 1. The number of nitrogens with zero attached hydrogens (tertiary/aromatic N) is 6. The fourth-order valence-electron chi connectivity index (χ4n) is 13.7. The summed E-state index contributed by atoms with van der Waals surface area (Å²) in [7, 11) is 6.00. The number of ether oxygens (including phenoxy) is 2. The van der Waals surface area contributed by atoms with Crippen molar-refractivity contribution in [1.82, 2.24) is 45.2 Å². The number of primary amides is 1. The van der Waals surface area contributed by atoms with E-state index in [1.165, 1.54) is 19.7 Å². The molecule has 0 saturated carbocycles. The number of anilines is 1. The van der Waals surface area contributed by atoms with Gasteiger partial charge in [-0.3, -0.25) is 47.5 Å². The summed E-state index contributed by atoms with van der Waals surface area (Å²) in [6.45, 7) is 18.6. The van der Waals surface area contributed by atoms with E-state index in [4.69, 9.17) is 15.2 Å². The third kappa shape index (κ3) is 23.1. The largest absolute Gasteiger partial charge is 0.379 e. The summed E-state index contributed by atoms with van der Waals surface area (Å²) in [4.78, 5) is 139. The topological polar surface area (TPSA) is 304 Å². The lowest BCUT2D eigenvalue weighted by atomic mass is 9.83. The number of hydrogen-bond acceptors (Lipinski definition) is 15. The highest BCUT2D eigenvalue weighted by Gasteiger charge is 2.44. The van der Waals surface area contributed by atoms with Gasteiger partial charge in [-0.25, -0.2) is 14.8 Å². The molecule has 1 unspecified atom stereocenters. The van der Waals surface area contributed by atoms with Gasteiger partial charge in [-0.05, 0) is 111 Å². The number of fused-ring (bicyclic) bond motifs is 1. The molecule has 1 aliphatic rings. The van der Waals surface area contributed by atoms with Gasteiger partial charge in [-0.15, -0.1) is 0 Å². The van der Waals surface area contributed by atoms with Gasteiger partial charge in [0.25, 0.3) is 0 Å². The maximum Gasteiger partial charge on any atom is 0.312 e. The first-order valence-electron chi connectivity index (χ1n) is 34.4. The second-order valence-corrected chi connectivity index (χ2v) is 30.2. The third-order valence-electron chi connectivity index (χ3n) is 19.2. The summed E-state index contributed by atoms with van der Waals surface area (Å²) in [5.74, 6) is -1.55. The number of nitrogens with two attached hydrogens (primary N) is 1. The number of carbonyl (C=O) groups is 9. The summed E-state index contributed by atoms with van der Waals surface area (Å²) in [6, 6.07) is 15.2. The molecule has 2 aromatic carbocycles. The van der Waals surface area contributed by atoms with Crippen LogP contribution in [0.25, 0.3) is 11.0 Å². The van der Waals surface area contributed by atoms with Gasteiger partial charge >= 0.3 is 6.03 Å². The number of ketones is 3. The lowest BCUT2D eigenvalue weighted by Gasteiger charge is -2.41. The van der Waals surface area contributed by atoms with E-state index in [-0.39, 0.29) is 129 Å². The Morgan fingerprint density at radius 1 is 0.763 bits per heavy atom. The number of likely N-dealkylation sites (N-methyl/N-ethyl adjacent to an activating group) is 2. The Morgan fingerprint density at radius 2 is 1.43 bits per heavy atom. The second-order valence-electron chi connectivity index (χ2n) is 27.8. The van der Waals surface area contributed by atoms with Crippen LogP contribution in [0.1, 0.15) is 144 Å². The highest BCUT2D eigenvalue weighted by Crippen LogP contribution is 2.33. The van der Waals surface area contributed by atoms with Gasteiger partial charge in [0.1, 0.15) is 22.8 Å². The third-order valence-corrected chi connectivity index (χ3v) is 20.3. The Bertz CT molecular complexity index is 3390. The quantitative estimate of drug-likeness (QED) is 0.0160. The molecule has 7 amide bonds. The van der Waals surface area contributed by atoms with Crippen molar-refractivity contribution in [2.75, 3.05) is 60.0 Å². The van der Waals surface area contributed by atoms with Crippen LogP contribution in [0.2, 0.25) is 0 Å². The molecule has 0 bridgehead atoms. The molecular formula is C73H111N11O12S. The number of aryl methyl sites for hydroxylation is 1. The summed E-state index contributed by atoms with van der Waals surface area (Å²) < 4.78 is 26.9. The van der Waals surface area contributed by atoms with Gasteiger partial charge in [0.15, 0.2) is 11.6 Å². The highest BCUT2D eigenvalue weighted by molar-refractivity contribution is 7.99. The fraction of sp³-hybridized carbons (Fsp3) is 0.616. The summed E-state index contributed by atoms with van der Waals surface area (Å²) in [6.07, 6.45) is 6.36. The Balaban J connectivity index is 1.23. The van der Waals surface area contributed by atoms with Crippen molar-refractivity contribution in [3.8, 4) is 0 Å². The maximum atomic E-state index is 14.7. The molecule has 1 aliphatic heterocycles. The van der Waals surface area contributed by atoms with E-state index < -0.39 is 75.5 Å². The van der Waals surface area contributed by atoms with Crippen molar-refractivity contribution in [2.45, 2.75) is 194 Å². The first-order chi connectivity index (χ1) is 45.8. The molecule has 2 aromatic heterocycles. The van der Waals surface area contributed by atoms with E-state index >= 15 is 0 Å². The number of rotatable bonds is 41. The molecule has 23 nitrogen and oxygen atoms in total. The van der Waals surface area contributed by atoms with Crippen molar-refractivity contribution in [3.63, 3.8) is 0 Å². The highest BCUT2D eigenvalue weighted by atomic mass is 32.2. The SMILES string of the molecule is C=S(C)(=O)c1ncnc2c1ccn2CCCC(=O)N[C@H](C(=O)C[C@@H](CCCNC(N)=O)C(=O)Nc1ccc(CNC(=O)[C@@H](CC(=O)[C@H](C)[C@@H](OC)[C@@H]2CCCN2C(=O)C[C@@H](OC)[C@H]([C@@H](C)CC)N(C)C(=O)[C@@H](CC(=O)[C@H](C(C)C)N(C)C)C(C)C)Cc2ccccc2)cc1)C(C)C. The van der Waals surface area contributed by atoms with Crippen LogP contribution in [0.3, 0.4) is 0 Å². The Labute approximate surface area is 575 Å². The molecule has 536 valence electrons. The van der Waals surface area contributed by atoms with E-state index in [9.17, 15) is 47.4 Å². The molecular weight excluding hydrogens is 1250 g/mol. The van der Waals surface area contributed by atoms with Crippen LogP contribution >= 0.6 is 0 Å². The lowest BCUT2D eigenvalue weighted by molar-refractivity contribution is -0.149. The van der Waals surface area contributed by atoms with E-state index in [2.05, 4.69) is 37.1 Å². The molecule has 0 radical (unpaired) electrons. The number of hydrogen-bond donors (Lipinski definition) is 5. The van der Waals surface area contributed by atoms with Crippen molar-refractivity contribution in [1.29, 1.82) is 0 Å². The molecule has 0 aliphatic carbocycles. The minimum atomic E-state index is -2.60. The predicted octanol–water partition coefficient (Wildman–Crippen LogP) is 7.89. The number of amides is 7. The minimum absolute atomic E-state index is 0.0142. The minimum Gasteiger partial charge on any atom is -0.379 e. The number of nitrogens with one attached hydrogen (secondary N) is 4. The van der Waals surface area contributed by atoms with Gasteiger partial charge < -0.3 is 50.8 Å². The zero-order chi connectivity index (χ0) is 72.0. The molecule has 12 atom stereocenters. The van der Waals surface area contributed by atoms with Crippen LogP contribution in [0.5, 0.6) is 0 Å². The van der Waals surface area contributed by atoms with Crippen LogP contribution in [-0.2, 0) is 76.9 Å². The van der Waals surface area contributed by atoms with Crippen LogP contribution in [-0.4, -0.2) is 183 Å². The van der Waals surface area contributed by atoms with Crippen LogP contribution in [0, 0.1) is 47.3 Å². The van der Waals surface area contributed by atoms with Crippen molar-refractivity contribution >= 4 is 85.0 Å². The van der Waals surface area contributed by atoms with Crippen molar-refractivity contribution in [2.24, 2.45) is 53.1 Å². The Kier molecular flexibility index (Phi) is 31.5. The van der Waals surface area contributed by atoms with Crippen molar-refractivity contribution < 1.29 is 56.8 Å². The maximum absolute atomic E-state index is 14.7. The average molecular weight is 1370 g/mol. The van der Waals surface area contributed by atoms with Gasteiger partial charge in [0.2, 0.25) is 29.5 Å². The standard InChI is InChI=1S/C73H111N11O12S/c1-17-48(8)66(82(12)72(92)56(45(2)3)41-60(87)65(47(6)7)81(10)11)61(95-13)42-63(89)84-36-22-27-57(84)67(96-14)49(9)58(85)40-53(38-50-24-19-18-20-25-50)69(90)76-43-51-29-31-54(32-30-51)79-70(91)52(26-21-34-75-73(74)93)39-59(86)64(46(4)5)80-62(88)28-23-35-83-37-33-55-68(83)77-44-78-71(55)97(15,16)94/h18-20,24-25,29-33,37,44-49,52-53,56-57,61,64-67H,15,17,21-23,26-28,34-36,38-43H2,1-14,16H3,(H,76,90)(H,79,91)(H,80,88)(H3,74,75,93)/t48-,49-,52+,53+,56-,57-,61+,64-,65-,66-,67+,97?/m0/s1. The molecule has 97 heavy (non-hydrogen) atoms. The van der Waals surface area contributed by atoms with Gasteiger partial charge in [0, 0.05) is 124 Å². The number of Topliss-reactive ketones (excluding diaryl/α,β-unsaturated/α-hetero) is 3.